The number of amides is 2. The number of carbonyl (C=O) groups excluding carboxylic acids is 3. The Kier molecular flexibility index (Phi) is 6.69. The number of fused-ring (bicyclic) bond motifs is 2. The fourth-order valence-electron chi connectivity index (χ4n) is 5.59. The number of Topliss-reactive ketones (excluding diaryl/α,β-unsaturated/α-hetero) is 1. The third kappa shape index (κ3) is 4.94. The molecule has 4 atom stereocenters. The summed E-state index contributed by atoms with van der Waals surface area (Å²) in [6.45, 7) is 4.07. The Balaban J connectivity index is 1.24. The lowest BCUT2D eigenvalue weighted by atomic mass is 9.96. The molecule has 1 aromatic heterocycles. The van der Waals surface area contributed by atoms with E-state index in [9.17, 15) is 14.4 Å². The van der Waals surface area contributed by atoms with Crippen LogP contribution in [0, 0.1) is 5.92 Å². The highest BCUT2D eigenvalue weighted by Gasteiger charge is 2.42. The second-order valence-electron chi connectivity index (χ2n) is 10.6. The molecule has 3 aliphatic rings. The van der Waals surface area contributed by atoms with Gasteiger partial charge in [0.1, 0.15) is 5.82 Å². The summed E-state index contributed by atoms with van der Waals surface area (Å²) in [7, 11) is 0. The van der Waals surface area contributed by atoms with Crippen LogP contribution in [0.1, 0.15) is 89.9 Å². The highest BCUT2D eigenvalue weighted by atomic mass is 16.2. The average Bonchev–Trinajstić information content (AvgIpc) is 3.68. The zero-order valence-electron chi connectivity index (χ0n) is 21.0. The molecule has 2 bridgehead atoms. The molecule has 1 saturated carbocycles. The van der Waals surface area contributed by atoms with Gasteiger partial charge >= 0.3 is 0 Å². The zero-order chi connectivity index (χ0) is 25.4. The maximum atomic E-state index is 13.1. The molecule has 0 spiro atoms. The quantitative estimate of drug-likeness (QED) is 0.460. The molecule has 5 rings (SSSR count). The molecule has 1 aromatic carbocycles. The van der Waals surface area contributed by atoms with Crippen molar-refractivity contribution in [3.8, 4) is 0 Å². The summed E-state index contributed by atoms with van der Waals surface area (Å²) in [6, 6.07) is 9.74. The molecule has 0 radical (unpaired) electrons. The van der Waals surface area contributed by atoms with Gasteiger partial charge in [-0.15, -0.1) is 0 Å². The molecule has 2 amide bonds. The van der Waals surface area contributed by atoms with E-state index in [2.05, 4.69) is 27.4 Å². The number of anilines is 2. The molecule has 36 heavy (non-hydrogen) atoms. The summed E-state index contributed by atoms with van der Waals surface area (Å²) >= 11 is 0. The van der Waals surface area contributed by atoms with Gasteiger partial charge in [0.15, 0.2) is 5.78 Å². The number of pyridine rings is 1. The number of carbonyl (C=O) groups is 3. The van der Waals surface area contributed by atoms with Crippen molar-refractivity contribution in [2.24, 2.45) is 11.7 Å². The smallest absolute Gasteiger partial charge is 0.251 e. The topological polar surface area (TPSA) is 117 Å². The van der Waals surface area contributed by atoms with Crippen LogP contribution in [0.3, 0.4) is 0 Å². The van der Waals surface area contributed by atoms with Crippen molar-refractivity contribution >= 4 is 29.1 Å². The van der Waals surface area contributed by atoms with Crippen molar-refractivity contribution in [2.75, 3.05) is 10.2 Å². The first-order chi connectivity index (χ1) is 17.3. The molecule has 8 heteroatoms. The maximum absolute atomic E-state index is 13.1. The highest BCUT2D eigenvalue weighted by Crippen LogP contribution is 2.39. The van der Waals surface area contributed by atoms with Gasteiger partial charge in [0.25, 0.3) is 11.8 Å². The molecule has 1 unspecified atom stereocenters. The lowest BCUT2D eigenvalue weighted by molar-refractivity contribution is 0.0924. The number of nitrogens with one attached hydrogen (secondary N) is 2. The fourth-order valence-corrected chi connectivity index (χ4v) is 5.59. The minimum Gasteiger partial charge on any atom is -0.382 e. The monoisotopic (exact) mass is 489 g/mol. The molecule has 2 aliphatic heterocycles. The van der Waals surface area contributed by atoms with Crippen LogP contribution >= 0.6 is 0 Å². The molecule has 8 nitrogen and oxygen atoms in total. The van der Waals surface area contributed by atoms with Crippen molar-refractivity contribution in [3.63, 3.8) is 0 Å². The Labute approximate surface area is 212 Å². The summed E-state index contributed by atoms with van der Waals surface area (Å²) < 4.78 is 0. The molecule has 2 saturated heterocycles. The third-order valence-electron chi connectivity index (χ3n) is 7.87. The van der Waals surface area contributed by atoms with Gasteiger partial charge in [-0.3, -0.25) is 14.4 Å². The number of nitrogens with zero attached hydrogens (tertiary/aromatic N) is 2. The molecular formula is C28H35N5O3. The number of nitrogens with two attached hydrogens (primary N) is 1. The predicted molar refractivity (Wildman–Crippen MR) is 139 cm³/mol. The fraction of sp³-hybridized carbons (Fsp3) is 0.500. The van der Waals surface area contributed by atoms with Crippen LogP contribution in [0.4, 0.5) is 11.5 Å². The summed E-state index contributed by atoms with van der Waals surface area (Å²) in [4.78, 5) is 44.3. The normalized spacial score (nSPS) is 23.7. The number of hydrogen-bond acceptors (Lipinski definition) is 6. The minimum absolute atomic E-state index is 0.0729. The van der Waals surface area contributed by atoms with Crippen molar-refractivity contribution in [1.82, 2.24) is 10.3 Å². The lowest BCUT2D eigenvalue weighted by Gasteiger charge is -2.40. The second kappa shape index (κ2) is 9.91. The summed E-state index contributed by atoms with van der Waals surface area (Å²) in [5.41, 5.74) is 7.74. The average molecular weight is 490 g/mol. The van der Waals surface area contributed by atoms with E-state index in [1.807, 2.05) is 19.1 Å². The van der Waals surface area contributed by atoms with Crippen LogP contribution in [-0.4, -0.2) is 46.7 Å². The molecule has 2 aromatic rings. The Bertz CT molecular complexity index is 1150. The Morgan fingerprint density at radius 2 is 1.75 bits per heavy atom. The van der Waals surface area contributed by atoms with Crippen LogP contribution in [0.2, 0.25) is 0 Å². The predicted octanol–water partition coefficient (Wildman–Crippen LogP) is 3.91. The number of rotatable bonds is 9. The van der Waals surface area contributed by atoms with Gasteiger partial charge in [-0.25, -0.2) is 4.98 Å². The van der Waals surface area contributed by atoms with E-state index < -0.39 is 5.91 Å². The first kappa shape index (κ1) is 24.3. The number of aromatic nitrogens is 1. The van der Waals surface area contributed by atoms with E-state index in [4.69, 9.17) is 5.73 Å². The van der Waals surface area contributed by atoms with Crippen LogP contribution in [0.25, 0.3) is 0 Å². The van der Waals surface area contributed by atoms with Gasteiger partial charge in [-0.05, 0) is 82.2 Å². The van der Waals surface area contributed by atoms with Gasteiger partial charge in [0.05, 0.1) is 5.56 Å². The molecule has 190 valence electrons. The van der Waals surface area contributed by atoms with Crippen LogP contribution in [0.15, 0.2) is 36.5 Å². The van der Waals surface area contributed by atoms with Crippen LogP contribution in [0.5, 0.6) is 0 Å². The Morgan fingerprint density at radius 3 is 2.33 bits per heavy atom. The van der Waals surface area contributed by atoms with Crippen LogP contribution in [-0.2, 0) is 0 Å². The first-order valence-corrected chi connectivity index (χ1v) is 13.1. The van der Waals surface area contributed by atoms with Gasteiger partial charge in [0.2, 0.25) is 0 Å². The van der Waals surface area contributed by atoms with E-state index in [0.717, 1.165) is 50.8 Å². The summed E-state index contributed by atoms with van der Waals surface area (Å²) in [6.07, 6.45) is 8.43. The lowest BCUT2D eigenvalue weighted by Crippen LogP contribution is -2.50. The molecule has 4 N–H and O–H groups in total. The van der Waals surface area contributed by atoms with Crippen LogP contribution < -0.4 is 21.3 Å². The summed E-state index contributed by atoms with van der Waals surface area (Å²) in [5, 5.41) is 6.51. The van der Waals surface area contributed by atoms with Gasteiger partial charge in [-0.1, -0.05) is 6.92 Å². The standard InChI is InChI=1S/C28H35N5O3/c1-3-16(2)31-24-12-18(6-10-23(24)27(29)35)28(36)32-20-13-21-8-9-22(14-20)33(21)25-11-7-19(15-30-25)26(34)17-4-5-17/h6-7,10-12,15-17,20-22,31H,3-5,8-9,13-14H2,1-2H3,(H2,29,35)(H,32,36)/t16-,20?,21-,22+/m1/s1. The molecule has 3 fully saturated rings. The number of primary amides is 1. The van der Waals surface area contributed by atoms with E-state index in [1.165, 1.54) is 0 Å². The van der Waals surface area contributed by atoms with Gasteiger partial charge in [-0.2, -0.15) is 0 Å². The maximum Gasteiger partial charge on any atom is 0.251 e. The van der Waals surface area contributed by atoms with Crippen molar-refractivity contribution in [3.05, 3.63) is 53.2 Å². The second-order valence-corrected chi connectivity index (χ2v) is 10.6. The van der Waals surface area contributed by atoms with E-state index in [0.29, 0.717) is 34.5 Å². The van der Waals surface area contributed by atoms with Crippen molar-refractivity contribution in [2.45, 2.75) is 83.0 Å². The SMILES string of the molecule is CC[C@@H](C)Nc1cc(C(=O)NC2C[C@H]3CC[C@@H](C2)N3c2ccc(C(=O)C3CC3)cn2)ccc1C(N)=O. The Hall–Kier alpha value is -3.42. The van der Waals surface area contributed by atoms with E-state index >= 15 is 0 Å². The van der Waals surface area contributed by atoms with Gasteiger partial charge in [0, 0.05) is 53.1 Å². The number of ketones is 1. The van der Waals surface area contributed by atoms with Crippen molar-refractivity contribution < 1.29 is 14.4 Å². The number of hydrogen-bond donors (Lipinski definition) is 3. The third-order valence-corrected chi connectivity index (χ3v) is 7.87. The van der Waals surface area contributed by atoms with E-state index in [1.54, 1.807) is 24.4 Å². The molecule has 3 heterocycles. The first-order valence-electron chi connectivity index (χ1n) is 13.1. The molecule has 1 aliphatic carbocycles. The van der Waals surface area contributed by atoms with Crippen molar-refractivity contribution in [1.29, 1.82) is 0 Å². The van der Waals surface area contributed by atoms with Gasteiger partial charge < -0.3 is 21.3 Å². The highest BCUT2D eigenvalue weighted by molar-refractivity contribution is 6.02. The zero-order valence-corrected chi connectivity index (χ0v) is 21.0. The largest absolute Gasteiger partial charge is 0.382 e. The van der Waals surface area contributed by atoms with E-state index in [-0.39, 0.29) is 29.7 Å². The number of piperidine rings is 1. The summed E-state index contributed by atoms with van der Waals surface area (Å²) in [5.74, 6) is 0.668. The molecular weight excluding hydrogens is 454 g/mol. The number of benzene rings is 1. The minimum atomic E-state index is -0.518. The Morgan fingerprint density at radius 1 is 1.06 bits per heavy atom.